The molecule has 0 aliphatic heterocycles. The highest BCUT2D eigenvalue weighted by Crippen LogP contribution is 2.63. The molecule has 6 atom stereocenters. The van der Waals surface area contributed by atoms with Crippen LogP contribution in [0.25, 0.3) is 0 Å². The van der Waals surface area contributed by atoms with E-state index in [1.54, 1.807) is 24.3 Å². The Kier molecular flexibility index (Phi) is 4.83. The van der Waals surface area contributed by atoms with Gasteiger partial charge in [-0.2, -0.15) is 0 Å². The first kappa shape index (κ1) is 20.9. The summed E-state index contributed by atoms with van der Waals surface area (Å²) >= 11 is 0. The Morgan fingerprint density at radius 2 is 1.23 bits per heavy atom. The minimum absolute atomic E-state index is 0.173. The largest absolute Gasteiger partial charge is 0.455 e. The van der Waals surface area contributed by atoms with Crippen LogP contribution in [0.4, 0.5) is 0 Å². The minimum atomic E-state index is -0.430. The van der Waals surface area contributed by atoms with Gasteiger partial charge in [-0.25, -0.2) is 9.59 Å². The predicted octanol–water partition coefficient (Wildman–Crippen LogP) is 5.53. The molecule has 35 heavy (non-hydrogen) atoms. The highest BCUT2D eigenvalue weighted by atomic mass is 16.6. The van der Waals surface area contributed by atoms with Crippen molar-refractivity contribution in [2.45, 2.75) is 50.2 Å². The third-order valence-corrected chi connectivity index (χ3v) is 8.86. The minimum Gasteiger partial charge on any atom is -0.455 e. The van der Waals surface area contributed by atoms with Crippen molar-refractivity contribution in [3.05, 3.63) is 106 Å². The fourth-order valence-corrected chi connectivity index (χ4v) is 7.44. The summed E-state index contributed by atoms with van der Waals surface area (Å²) in [5, 5.41) is 0. The second-order valence-electron chi connectivity index (χ2n) is 10.6. The van der Waals surface area contributed by atoms with Crippen LogP contribution in [0.15, 0.2) is 72.8 Å². The van der Waals surface area contributed by atoms with Crippen LogP contribution in [-0.4, -0.2) is 24.1 Å². The van der Waals surface area contributed by atoms with E-state index in [1.807, 2.05) is 36.4 Å². The molecule has 2 bridgehead atoms. The third kappa shape index (κ3) is 3.34. The zero-order valence-corrected chi connectivity index (χ0v) is 19.6. The van der Waals surface area contributed by atoms with E-state index in [2.05, 4.69) is 12.1 Å². The van der Waals surface area contributed by atoms with E-state index in [0.29, 0.717) is 23.0 Å². The van der Waals surface area contributed by atoms with Crippen LogP contribution < -0.4 is 0 Å². The van der Waals surface area contributed by atoms with Gasteiger partial charge in [-0.3, -0.25) is 0 Å². The molecule has 3 aromatic carbocycles. The number of ether oxygens (including phenoxy) is 2. The first-order valence-corrected chi connectivity index (χ1v) is 12.8. The first-order chi connectivity index (χ1) is 17.2. The quantitative estimate of drug-likeness (QED) is 0.476. The van der Waals surface area contributed by atoms with Gasteiger partial charge in [-0.05, 0) is 90.5 Å². The van der Waals surface area contributed by atoms with Gasteiger partial charge in [-0.1, -0.05) is 48.5 Å². The smallest absolute Gasteiger partial charge is 0.338 e. The summed E-state index contributed by atoms with van der Waals surface area (Å²) in [6, 6.07) is 23.1. The molecular formula is C31H28O4. The number of aryl methyl sites for hydroxylation is 2. The Morgan fingerprint density at radius 3 is 1.86 bits per heavy atom. The van der Waals surface area contributed by atoms with E-state index in [0.717, 1.165) is 19.3 Å². The van der Waals surface area contributed by atoms with Crippen molar-refractivity contribution in [3.8, 4) is 0 Å². The molecule has 2 fully saturated rings. The van der Waals surface area contributed by atoms with Crippen LogP contribution >= 0.6 is 0 Å². The molecule has 4 aliphatic rings. The summed E-state index contributed by atoms with van der Waals surface area (Å²) in [5.41, 5.74) is 6.98. The number of rotatable bonds is 4. The van der Waals surface area contributed by atoms with Crippen LogP contribution in [0, 0.1) is 17.8 Å². The number of fused-ring (bicyclic) bond motifs is 8. The maximum Gasteiger partial charge on any atom is 0.338 e. The van der Waals surface area contributed by atoms with Crippen LogP contribution in [0.5, 0.6) is 0 Å². The average Bonchev–Trinajstić information content (AvgIpc) is 3.65. The predicted molar refractivity (Wildman–Crippen MR) is 131 cm³/mol. The molecule has 0 heterocycles. The van der Waals surface area contributed by atoms with Crippen LogP contribution in [0.1, 0.15) is 61.7 Å². The number of hydrogen-bond acceptors (Lipinski definition) is 4. The summed E-state index contributed by atoms with van der Waals surface area (Å²) in [4.78, 5) is 26.2. The maximum absolute atomic E-state index is 13.1. The monoisotopic (exact) mass is 464 g/mol. The third-order valence-electron chi connectivity index (χ3n) is 8.86. The van der Waals surface area contributed by atoms with Gasteiger partial charge < -0.3 is 9.47 Å². The molecular weight excluding hydrogens is 436 g/mol. The number of hydrogen-bond donors (Lipinski definition) is 0. The van der Waals surface area contributed by atoms with Crippen molar-refractivity contribution >= 4 is 11.9 Å². The lowest BCUT2D eigenvalue weighted by atomic mass is 9.76. The van der Waals surface area contributed by atoms with E-state index in [-0.39, 0.29) is 23.8 Å². The number of carbonyl (C=O) groups is 2. The second kappa shape index (κ2) is 8.08. The molecule has 0 aromatic heterocycles. The molecule has 0 radical (unpaired) electrons. The Labute approximate surface area is 205 Å². The van der Waals surface area contributed by atoms with E-state index < -0.39 is 12.2 Å². The maximum atomic E-state index is 13.1. The number of esters is 2. The molecule has 2 saturated carbocycles. The standard InChI is InChI=1S/C31H28O4/c32-30(18-8-3-1-4-9-18)34-28-25-17-26(29(28)35-31(33)19-10-5-2-6-11-19)27-23-15-21-13-7-12-20(21)14-22(23)16-24(25)27/h1-6,8-11,14-15,24-29H,7,12-13,16-17H2/t24?,25?,26-,27?,28?,29?/m1/s1. The Balaban J connectivity index is 1.22. The van der Waals surface area contributed by atoms with Gasteiger partial charge in [0.1, 0.15) is 12.2 Å². The van der Waals surface area contributed by atoms with Gasteiger partial charge >= 0.3 is 11.9 Å². The van der Waals surface area contributed by atoms with Crippen molar-refractivity contribution in [1.29, 1.82) is 0 Å². The second-order valence-corrected chi connectivity index (χ2v) is 10.6. The van der Waals surface area contributed by atoms with Crippen molar-refractivity contribution in [3.63, 3.8) is 0 Å². The fourth-order valence-electron chi connectivity index (χ4n) is 7.44. The van der Waals surface area contributed by atoms with E-state index >= 15 is 0 Å². The van der Waals surface area contributed by atoms with Crippen LogP contribution in [0.3, 0.4) is 0 Å². The van der Waals surface area contributed by atoms with E-state index in [4.69, 9.17) is 9.47 Å². The van der Waals surface area contributed by atoms with Crippen molar-refractivity contribution in [2.24, 2.45) is 17.8 Å². The summed E-state index contributed by atoms with van der Waals surface area (Å²) in [6.07, 6.45) is 4.71. The van der Waals surface area contributed by atoms with Crippen molar-refractivity contribution in [1.82, 2.24) is 0 Å². The molecule has 4 aliphatic carbocycles. The zero-order valence-electron chi connectivity index (χ0n) is 19.6. The number of benzene rings is 3. The van der Waals surface area contributed by atoms with Gasteiger partial charge in [0.15, 0.2) is 0 Å². The summed E-state index contributed by atoms with van der Waals surface area (Å²) in [6.45, 7) is 0. The molecule has 0 amide bonds. The molecule has 7 rings (SSSR count). The molecule has 0 saturated heterocycles. The van der Waals surface area contributed by atoms with Crippen molar-refractivity contribution in [2.75, 3.05) is 0 Å². The molecule has 4 nitrogen and oxygen atoms in total. The van der Waals surface area contributed by atoms with Crippen LogP contribution in [0.2, 0.25) is 0 Å². The van der Waals surface area contributed by atoms with E-state index in [1.165, 1.54) is 35.1 Å². The Morgan fingerprint density at radius 1 is 0.657 bits per heavy atom. The lowest BCUT2D eigenvalue weighted by Gasteiger charge is -2.37. The molecule has 5 unspecified atom stereocenters. The van der Waals surface area contributed by atoms with Gasteiger partial charge in [0.2, 0.25) is 0 Å². The highest BCUT2D eigenvalue weighted by Gasteiger charge is 2.63. The lowest BCUT2D eigenvalue weighted by molar-refractivity contribution is -0.0698. The normalized spacial score (nSPS) is 29.4. The van der Waals surface area contributed by atoms with Gasteiger partial charge in [0.05, 0.1) is 11.1 Å². The first-order valence-electron chi connectivity index (χ1n) is 12.8. The molecule has 3 aromatic rings. The zero-order chi connectivity index (χ0) is 23.5. The molecule has 176 valence electrons. The summed E-state index contributed by atoms with van der Waals surface area (Å²) < 4.78 is 12.3. The van der Waals surface area contributed by atoms with Gasteiger partial charge in [0.25, 0.3) is 0 Å². The topological polar surface area (TPSA) is 52.6 Å². The summed E-state index contributed by atoms with van der Waals surface area (Å²) in [5.74, 6) is 0.516. The molecule has 4 heteroatoms. The van der Waals surface area contributed by atoms with Crippen molar-refractivity contribution < 1.29 is 19.1 Å². The highest BCUT2D eigenvalue weighted by molar-refractivity contribution is 5.90. The van der Waals surface area contributed by atoms with Crippen LogP contribution in [-0.2, 0) is 28.7 Å². The summed E-state index contributed by atoms with van der Waals surface area (Å²) in [7, 11) is 0. The van der Waals surface area contributed by atoms with E-state index in [9.17, 15) is 9.59 Å². The SMILES string of the molecule is O=C(OC1C2C[C@@H](C1OC(=O)c1ccccc1)C1c3cc4c(cc3CC21)CCC4)c1ccccc1. The molecule has 0 spiro atoms. The van der Waals surface area contributed by atoms with Gasteiger partial charge in [-0.15, -0.1) is 0 Å². The average molecular weight is 465 g/mol. The Bertz CT molecular complexity index is 1300. The molecule has 0 N–H and O–H groups in total. The Hall–Kier alpha value is -3.40. The fraction of sp³-hybridized carbons (Fsp3) is 0.355. The van der Waals surface area contributed by atoms with Gasteiger partial charge in [0, 0.05) is 11.8 Å². The lowest BCUT2D eigenvalue weighted by Crippen LogP contribution is -2.45. The number of carbonyl (C=O) groups excluding carboxylic acids is 2.